The lowest BCUT2D eigenvalue weighted by Gasteiger charge is -2.40. The number of amides is 1. The lowest BCUT2D eigenvalue weighted by Crippen LogP contribution is -2.51. The van der Waals surface area contributed by atoms with Crippen molar-refractivity contribution < 1.29 is 14.7 Å². The average molecular weight is 398 g/mol. The van der Waals surface area contributed by atoms with Crippen LogP contribution >= 0.6 is 11.6 Å². The third kappa shape index (κ3) is 3.30. The molecule has 1 aliphatic heterocycles. The molecule has 0 bridgehead atoms. The van der Waals surface area contributed by atoms with E-state index in [2.05, 4.69) is 0 Å². The van der Waals surface area contributed by atoms with Gasteiger partial charge in [-0.1, -0.05) is 60.1 Å². The Morgan fingerprint density at radius 2 is 1.54 bits per heavy atom. The first kappa shape index (κ1) is 19.0. The largest absolute Gasteiger partial charge is 0.481 e. The van der Waals surface area contributed by atoms with Crippen LogP contribution in [0.4, 0.5) is 0 Å². The number of carbonyl (C=O) groups is 2. The third-order valence-corrected chi connectivity index (χ3v) is 6.80. The fourth-order valence-corrected chi connectivity index (χ4v) is 4.64. The van der Waals surface area contributed by atoms with E-state index in [1.807, 2.05) is 59.5 Å². The molecule has 0 spiro atoms. The minimum absolute atomic E-state index is 0.152. The molecule has 2 aliphatic rings. The van der Waals surface area contributed by atoms with Gasteiger partial charge in [-0.2, -0.15) is 0 Å². The fourth-order valence-electron chi connectivity index (χ4n) is 4.43. The molecule has 1 saturated carbocycles. The minimum Gasteiger partial charge on any atom is -0.481 e. The van der Waals surface area contributed by atoms with Crippen LogP contribution in [0.2, 0.25) is 5.02 Å². The Morgan fingerprint density at radius 1 is 0.929 bits per heavy atom. The number of piperidine rings is 1. The highest BCUT2D eigenvalue weighted by Crippen LogP contribution is 2.51. The second-order valence-electron chi connectivity index (χ2n) is 8.09. The first-order chi connectivity index (χ1) is 13.5. The third-order valence-electron chi connectivity index (χ3n) is 6.43. The molecule has 0 aromatic heterocycles. The van der Waals surface area contributed by atoms with Crippen LogP contribution in [0, 0.1) is 5.41 Å². The molecule has 4 nitrogen and oxygen atoms in total. The number of hydrogen-bond donors (Lipinski definition) is 1. The molecule has 28 heavy (non-hydrogen) atoms. The van der Waals surface area contributed by atoms with Gasteiger partial charge in [0.25, 0.3) is 0 Å². The van der Waals surface area contributed by atoms with Gasteiger partial charge in [-0.25, -0.2) is 0 Å². The number of carbonyl (C=O) groups excluding carboxylic acids is 1. The predicted octanol–water partition coefficient (Wildman–Crippen LogP) is 4.31. The predicted molar refractivity (Wildman–Crippen MR) is 108 cm³/mol. The molecule has 0 radical (unpaired) electrons. The standard InChI is InChI=1S/C23H24ClNO3/c24-19-9-5-4-6-17(19)16-22(10-11-22)20(26)25-14-12-23(13-15-25,21(27)28)18-7-2-1-3-8-18/h1-9H,10-16H2,(H,27,28). The molecule has 146 valence electrons. The maximum Gasteiger partial charge on any atom is 0.314 e. The molecule has 0 atom stereocenters. The van der Waals surface area contributed by atoms with Crippen molar-refractivity contribution in [3.8, 4) is 0 Å². The van der Waals surface area contributed by atoms with Crippen LogP contribution in [0.5, 0.6) is 0 Å². The molecule has 0 unspecified atom stereocenters. The molecule has 1 N–H and O–H groups in total. The molecule has 1 saturated heterocycles. The van der Waals surface area contributed by atoms with E-state index in [-0.39, 0.29) is 11.3 Å². The second-order valence-corrected chi connectivity index (χ2v) is 8.50. The Hall–Kier alpha value is -2.33. The monoisotopic (exact) mass is 397 g/mol. The van der Waals surface area contributed by atoms with Crippen molar-refractivity contribution >= 4 is 23.5 Å². The molecular weight excluding hydrogens is 374 g/mol. The van der Waals surface area contributed by atoms with Crippen LogP contribution in [0.1, 0.15) is 36.8 Å². The first-order valence-corrected chi connectivity index (χ1v) is 10.2. The Bertz CT molecular complexity index is 884. The number of aliphatic carboxylic acids is 1. The maximum atomic E-state index is 13.3. The van der Waals surface area contributed by atoms with E-state index in [0.717, 1.165) is 24.0 Å². The van der Waals surface area contributed by atoms with Gasteiger partial charge in [0.2, 0.25) is 5.91 Å². The van der Waals surface area contributed by atoms with Crippen molar-refractivity contribution in [1.29, 1.82) is 0 Å². The summed E-state index contributed by atoms with van der Waals surface area (Å²) in [6, 6.07) is 17.1. The molecule has 1 aliphatic carbocycles. The fraction of sp³-hybridized carbons (Fsp3) is 0.391. The molecule has 2 fully saturated rings. The van der Waals surface area contributed by atoms with Crippen LogP contribution < -0.4 is 0 Å². The SMILES string of the molecule is O=C(N1CCC(C(=O)O)(c2ccccc2)CC1)C1(Cc2ccccc2Cl)CC1. The zero-order valence-corrected chi connectivity index (χ0v) is 16.5. The van der Waals surface area contributed by atoms with Gasteiger partial charge in [-0.3, -0.25) is 9.59 Å². The van der Waals surface area contributed by atoms with E-state index in [9.17, 15) is 14.7 Å². The number of likely N-dealkylation sites (tertiary alicyclic amines) is 1. The van der Waals surface area contributed by atoms with Crippen molar-refractivity contribution in [2.24, 2.45) is 5.41 Å². The Balaban J connectivity index is 1.48. The van der Waals surface area contributed by atoms with Gasteiger partial charge in [0.15, 0.2) is 0 Å². The number of carboxylic acid groups (broad SMARTS) is 1. The Labute approximate surface area is 170 Å². The summed E-state index contributed by atoms with van der Waals surface area (Å²) in [5.41, 5.74) is 0.571. The smallest absolute Gasteiger partial charge is 0.314 e. The highest BCUT2D eigenvalue weighted by atomic mass is 35.5. The van der Waals surface area contributed by atoms with Gasteiger partial charge in [-0.15, -0.1) is 0 Å². The number of hydrogen-bond acceptors (Lipinski definition) is 2. The molecule has 2 aromatic carbocycles. The van der Waals surface area contributed by atoms with Crippen LogP contribution in [-0.4, -0.2) is 35.0 Å². The van der Waals surface area contributed by atoms with Crippen molar-refractivity contribution in [3.05, 3.63) is 70.7 Å². The van der Waals surface area contributed by atoms with Gasteiger partial charge < -0.3 is 10.0 Å². The van der Waals surface area contributed by atoms with E-state index in [0.29, 0.717) is 37.4 Å². The van der Waals surface area contributed by atoms with Crippen molar-refractivity contribution in [1.82, 2.24) is 4.90 Å². The zero-order chi connectivity index (χ0) is 19.8. The van der Waals surface area contributed by atoms with E-state index in [1.54, 1.807) is 0 Å². The van der Waals surface area contributed by atoms with Crippen molar-refractivity contribution in [3.63, 3.8) is 0 Å². The summed E-state index contributed by atoms with van der Waals surface area (Å²) in [5.74, 6) is -0.650. The molecule has 4 rings (SSSR count). The maximum absolute atomic E-state index is 13.3. The van der Waals surface area contributed by atoms with E-state index >= 15 is 0 Å². The van der Waals surface area contributed by atoms with Crippen molar-refractivity contribution in [2.75, 3.05) is 13.1 Å². The van der Waals surface area contributed by atoms with Crippen molar-refractivity contribution in [2.45, 2.75) is 37.5 Å². The van der Waals surface area contributed by atoms with Crippen LogP contribution in [0.15, 0.2) is 54.6 Å². The highest BCUT2D eigenvalue weighted by molar-refractivity contribution is 6.31. The number of carboxylic acids is 1. The average Bonchev–Trinajstić information content (AvgIpc) is 3.50. The van der Waals surface area contributed by atoms with Crippen LogP contribution in [0.25, 0.3) is 0 Å². The summed E-state index contributed by atoms with van der Waals surface area (Å²) in [6.07, 6.45) is 3.29. The normalized spacial score (nSPS) is 19.8. The summed E-state index contributed by atoms with van der Waals surface area (Å²) in [4.78, 5) is 27.2. The van der Waals surface area contributed by atoms with Gasteiger partial charge in [0, 0.05) is 18.1 Å². The number of nitrogens with zero attached hydrogens (tertiary/aromatic N) is 1. The topological polar surface area (TPSA) is 57.6 Å². The molecule has 1 amide bonds. The summed E-state index contributed by atoms with van der Waals surface area (Å²) >= 11 is 6.30. The molecule has 5 heteroatoms. The first-order valence-electron chi connectivity index (χ1n) is 9.79. The second kappa shape index (κ2) is 7.25. The van der Waals surface area contributed by atoms with E-state index in [1.165, 1.54) is 0 Å². The van der Waals surface area contributed by atoms with Crippen LogP contribution in [-0.2, 0) is 21.4 Å². The summed E-state index contributed by atoms with van der Waals surface area (Å²) in [5, 5.41) is 10.6. The zero-order valence-electron chi connectivity index (χ0n) is 15.7. The van der Waals surface area contributed by atoms with E-state index < -0.39 is 11.4 Å². The number of benzene rings is 2. The Kier molecular flexibility index (Phi) is 4.92. The summed E-state index contributed by atoms with van der Waals surface area (Å²) in [6.45, 7) is 0.953. The van der Waals surface area contributed by atoms with Crippen LogP contribution in [0.3, 0.4) is 0 Å². The highest BCUT2D eigenvalue weighted by Gasteiger charge is 2.53. The Morgan fingerprint density at radius 3 is 2.11 bits per heavy atom. The van der Waals surface area contributed by atoms with E-state index in [4.69, 9.17) is 11.6 Å². The quantitative estimate of drug-likeness (QED) is 0.817. The summed E-state index contributed by atoms with van der Waals surface area (Å²) < 4.78 is 0. The minimum atomic E-state index is -0.905. The number of halogens is 1. The van der Waals surface area contributed by atoms with Gasteiger partial charge in [-0.05, 0) is 49.3 Å². The lowest BCUT2D eigenvalue weighted by molar-refractivity contribution is -0.149. The summed E-state index contributed by atoms with van der Waals surface area (Å²) in [7, 11) is 0. The molecule has 1 heterocycles. The molecular formula is C23H24ClNO3. The van der Waals surface area contributed by atoms with Gasteiger partial charge >= 0.3 is 5.97 Å². The van der Waals surface area contributed by atoms with Gasteiger partial charge in [0.05, 0.1) is 10.8 Å². The number of rotatable bonds is 5. The lowest BCUT2D eigenvalue weighted by atomic mass is 9.72. The molecule has 2 aromatic rings. The van der Waals surface area contributed by atoms with Gasteiger partial charge in [0.1, 0.15) is 0 Å².